The summed E-state index contributed by atoms with van der Waals surface area (Å²) in [5.74, 6) is -0.807. The molecule has 1 N–H and O–H groups in total. The molecule has 0 spiro atoms. The Bertz CT molecular complexity index is 1810. The first-order valence-corrected chi connectivity index (χ1v) is 20.0. The first-order valence-electron chi connectivity index (χ1n) is 15.9. The summed E-state index contributed by atoms with van der Waals surface area (Å²) in [4.78, 5) is 53.0. The SMILES string of the molecule is CCC1C(=O)N(C(C(=O)OCc2ccc([N+](=O)[O-])cc2)=P(c2ccccc2)(c2ccccc2)c2ccccc2)C1SC(=S)SCCNC(C)=O. The Morgan fingerprint density at radius 1 is 0.900 bits per heavy atom. The number of esters is 1. The zero-order valence-electron chi connectivity index (χ0n) is 27.5. The summed E-state index contributed by atoms with van der Waals surface area (Å²) in [5, 5.41) is 16.1. The fourth-order valence-electron chi connectivity index (χ4n) is 5.85. The van der Waals surface area contributed by atoms with Gasteiger partial charge >= 0.3 is 5.97 Å². The van der Waals surface area contributed by atoms with Crippen LogP contribution in [-0.4, -0.2) is 54.2 Å². The molecular weight excluding hydrogens is 710 g/mol. The van der Waals surface area contributed by atoms with Crippen LogP contribution >= 0.6 is 42.6 Å². The molecule has 0 aliphatic carbocycles. The van der Waals surface area contributed by atoms with E-state index in [2.05, 4.69) is 5.32 Å². The van der Waals surface area contributed by atoms with Gasteiger partial charge in [-0.2, -0.15) is 0 Å². The van der Waals surface area contributed by atoms with Crippen molar-refractivity contribution in [3.8, 4) is 0 Å². The number of nitrogens with zero attached hydrogens (tertiary/aromatic N) is 2. The van der Waals surface area contributed by atoms with Crippen molar-refractivity contribution >= 4 is 91.0 Å². The number of nitro groups is 1. The minimum atomic E-state index is -3.13. The maximum Gasteiger partial charge on any atom is 0.356 e. The van der Waals surface area contributed by atoms with Gasteiger partial charge in [-0.1, -0.05) is 122 Å². The third kappa shape index (κ3) is 8.05. The number of ether oxygens (including phenoxy) is 1. The fraction of sp³-hybridized carbons (Fsp3) is 0.216. The lowest BCUT2D eigenvalue weighted by Crippen LogP contribution is -2.64. The number of carbonyl (C=O) groups is 3. The molecule has 50 heavy (non-hydrogen) atoms. The van der Waals surface area contributed by atoms with Crippen molar-refractivity contribution in [3.63, 3.8) is 0 Å². The maximum atomic E-state index is 14.9. The molecule has 2 unspecified atom stereocenters. The van der Waals surface area contributed by atoms with E-state index in [-0.39, 0.29) is 29.5 Å². The van der Waals surface area contributed by atoms with Gasteiger partial charge in [-0.3, -0.25) is 24.6 Å². The number of thioether (sulfide) groups is 2. The second kappa shape index (κ2) is 17.1. The Labute approximate surface area is 305 Å². The molecule has 4 aromatic carbocycles. The van der Waals surface area contributed by atoms with Crippen molar-refractivity contribution < 1.29 is 24.0 Å². The molecule has 0 bridgehead atoms. The topological polar surface area (TPSA) is 119 Å². The minimum Gasteiger partial charge on any atom is -0.456 e. The lowest BCUT2D eigenvalue weighted by molar-refractivity contribution is -0.384. The zero-order chi connectivity index (χ0) is 35.7. The highest BCUT2D eigenvalue weighted by Crippen LogP contribution is 2.51. The number of thiocarbonyl (C=S) groups is 1. The molecule has 9 nitrogen and oxygen atoms in total. The van der Waals surface area contributed by atoms with Crippen LogP contribution in [-0.2, 0) is 25.7 Å². The van der Waals surface area contributed by atoms with E-state index in [0.717, 1.165) is 15.9 Å². The standard InChI is InChI=1S/C37H36N3O6PS3/c1-3-32-33(42)39(35(32)50-37(48)49-24-23-38-26(2)41)34(36(43)46-25-27-19-21-28(22-20-27)40(44)45)47(29-13-7-4-8-14-29,30-15-9-5-10-16-30)31-17-11-6-12-18-31/h4-22,32,35H,3,23-25H2,1-2H3,(H,38,41). The van der Waals surface area contributed by atoms with Crippen LogP contribution in [0.5, 0.6) is 0 Å². The highest BCUT2D eigenvalue weighted by molar-refractivity contribution is 8.47. The summed E-state index contributed by atoms with van der Waals surface area (Å²) in [6.45, 7) is 0.564. The molecule has 1 heterocycles. The molecule has 1 saturated heterocycles. The molecule has 13 heteroatoms. The number of likely N-dealkylation sites (tertiary alicyclic amines) is 1. The molecule has 5 rings (SSSR count). The summed E-state index contributed by atoms with van der Waals surface area (Å²) >= 11 is 8.57. The molecule has 1 fully saturated rings. The summed E-state index contributed by atoms with van der Waals surface area (Å²) in [5.41, 5.74) is 0.730. The Hall–Kier alpha value is -4.22. The van der Waals surface area contributed by atoms with Crippen LogP contribution in [0.1, 0.15) is 25.8 Å². The van der Waals surface area contributed by atoms with E-state index in [1.54, 1.807) is 17.0 Å². The molecule has 4 aromatic rings. The van der Waals surface area contributed by atoms with Crippen LogP contribution in [0.25, 0.3) is 0 Å². The van der Waals surface area contributed by atoms with Crippen LogP contribution in [0.2, 0.25) is 0 Å². The van der Waals surface area contributed by atoms with Gasteiger partial charge in [-0.15, -0.1) is 11.8 Å². The number of non-ortho nitro benzene ring substituents is 1. The third-order valence-corrected chi connectivity index (χ3v) is 15.3. The summed E-state index contributed by atoms with van der Waals surface area (Å²) < 4.78 is 6.69. The number of nitrogens with one attached hydrogen (secondary N) is 1. The monoisotopic (exact) mass is 745 g/mol. The lowest BCUT2D eigenvalue weighted by atomic mass is 9.95. The number of β-lactam (4-membered cyclic amide) rings is 1. The van der Waals surface area contributed by atoms with Crippen molar-refractivity contribution in [2.75, 3.05) is 12.3 Å². The average Bonchev–Trinajstić information content (AvgIpc) is 3.13. The van der Waals surface area contributed by atoms with Gasteiger partial charge in [-0.25, -0.2) is 4.79 Å². The predicted molar refractivity (Wildman–Crippen MR) is 209 cm³/mol. The third-order valence-electron chi connectivity index (χ3n) is 8.18. The number of rotatable bonds is 13. The number of amides is 2. The van der Waals surface area contributed by atoms with Crippen molar-refractivity contribution in [3.05, 3.63) is 131 Å². The van der Waals surface area contributed by atoms with E-state index < -0.39 is 29.1 Å². The van der Waals surface area contributed by atoms with E-state index >= 15 is 0 Å². The number of hydrogen-bond donors (Lipinski definition) is 1. The van der Waals surface area contributed by atoms with Crippen molar-refractivity contribution in [2.45, 2.75) is 32.2 Å². The van der Waals surface area contributed by atoms with Gasteiger partial charge in [-0.05, 0) is 40.0 Å². The second-order valence-corrected chi connectivity index (χ2v) is 18.0. The largest absolute Gasteiger partial charge is 0.456 e. The summed E-state index contributed by atoms with van der Waals surface area (Å²) in [6.07, 6.45) is 0.546. The van der Waals surface area contributed by atoms with E-state index in [0.29, 0.717) is 27.8 Å². The summed E-state index contributed by atoms with van der Waals surface area (Å²) in [6, 6.07) is 35.1. The maximum absolute atomic E-state index is 14.9. The highest BCUT2D eigenvalue weighted by Gasteiger charge is 2.53. The molecule has 0 aromatic heterocycles. The predicted octanol–water partition coefficient (Wildman–Crippen LogP) is 5.84. The van der Waals surface area contributed by atoms with Crippen molar-refractivity contribution in [1.82, 2.24) is 10.2 Å². The first kappa shape index (κ1) is 37.0. The molecule has 2 atom stereocenters. The van der Waals surface area contributed by atoms with Gasteiger partial charge in [0.05, 0.1) is 10.8 Å². The zero-order valence-corrected chi connectivity index (χ0v) is 30.8. The molecule has 2 amide bonds. The lowest BCUT2D eigenvalue weighted by Gasteiger charge is -2.49. The van der Waals surface area contributed by atoms with E-state index in [1.165, 1.54) is 42.6 Å². The smallest absolute Gasteiger partial charge is 0.356 e. The van der Waals surface area contributed by atoms with Crippen LogP contribution in [0.4, 0.5) is 5.69 Å². The van der Waals surface area contributed by atoms with E-state index in [9.17, 15) is 24.5 Å². The van der Waals surface area contributed by atoms with Crippen molar-refractivity contribution in [1.29, 1.82) is 0 Å². The molecular formula is C37H36N3O6PS3. The van der Waals surface area contributed by atoms with E-state index in [1.807, 2.05) is 97.9 Å². The number of hydrogen-bond acceptors (Lipinski definition) is 9. The first-order chi connectivity index (χ1) is 24.2. The molecule has 1 aliphatic heterocycles. The van der Waals surface area contributed by atoms with Crippen molar-refractivity contribution in [2.24, 2.45) is 5.92 Å². The quantitative estimate of drug-likeness (QED) is 0.0343. The van der Waals surface area contributed by atoms with Crippen LogP contribution in [0.3, 0.4) is 0 Å². The van der Waals surface area contributed by atoms with Gasteiger partial charge in [0.25, 0.3) is 5.69 Å². The van der Waals surface area contributed by atoms with E-state index in [4.69, 9.17) is 17.0 Å². The van der Waals surface area contributed by atoms with Gasteiger partial charge in [0.1, 0.15) is 20.9 Å². The Morgan fingerprint density at radius 3 is 1.88 bits per heavy atom. The number of carbonyl (C=O) groups excluding carboxylic acids is 3. The molecule has 0 radical (unpaired) electrons. The van der Waals surface area contributed by atoms with Gasteiger partial charge in [0.15, 0.2) is 0 Å². The number of benzene rings is 4. The summed E-state index contributed by atoms with van der Waals surface area (Å²) in [7, 11) is 0. The highest BCUT2D eigenvalue weighted by atomic mass is 32.2. The normalized spacial score (nSPS) is 15.5. The van der Waals surface area contributed by atoms with Crippen LogP contribution < -0.4 is 21.2 Å². The Kier molecular flexibility index (Phi) is 12.7. The van der Waals surface area contributed by atoms with Crippen LogP contribution in [0.15, 0.2) is 115 Å². The number of nitro benzene ring substituents is 1. The Balaban J connectivity index is 1.71. The second-order valence-electron chi connectivity index (χ2n) is 11.3. The van der Waals surface area contributed by atoms with Gasteiger partial charge < -0.3 is 10.1 Å². The Morgan fingerprint density at radius 2 is 1.42 bits per heavy atom. The van der Waals surface area contributed by atoms with Gasteiger partial charge in [0, 0.05) is 38.2 Å². The molecule has 0 saturated carbocycles. The molecule has 1 aliphatic rings. The van der Waals surface area contributed by atoms with Crippen LogP contribution in [0, 0.1) is 16.0 Å². The fourth-order valence-corrected chi connectivity index (χ4v) is 13.0. The average molecular weight is 746 g/mol. The molecule has 258 valence electrons. The van der Waals surface area contributed by atoms with Gasteiger partial charge in [0.2, 0.25) is 11.8 Å². The minimum absolute atomic E-state index is 0.0722.